The topological polar surface area (TPSA) is 72.2 Å². The van der Waals surface area contributed by atoms with E-state index >= 15 is 0 Å². The second-order valence-electron chi connectivity index (χ2n) is 4.72. The molecule has 2 heterocycles. The molecule has 1 aromatic carbocycles. The van der Waals surface area contributed by atoms with E-state index in [0.29, 0.717) is 10.8 Å². The highest BCUT2D eigenvalue weighted by Crippen LogP contribution is 2.38. The maximum Gasteiger partial charge on any atom is 0.343 e. The van der Waals surface area contributed by atoms with Crippen molar-refractivity contribution in [1.82, 2.24) is 9.97 Å². The van der Waals surface area contributed by atoms with Crippen LogP contribution < -0.4 is 4.90 Å². The van der Waals surface area contributed by atoms with E-state index in [2.05, 4.69) is 9.97 Å². The maximum absolute atomic E-state index is 11.5. The fraction of sp³-hybridized carbons (Fsp3) is 0.286. The van der Waals surface area contributed by atoms with Crippen molar-refractivity contribution in [3.05, 3.63) is 46.8 Å². The fourth-order valence-electron chi connectivity index (χ4n) is 2.35. The van der Waals surface area contributed by atoms with Gasteiger partial charge in [0.15, 0.2) is 5.03 Å². The lowest BCUT2D eigenvalue weighted by Gasteiger charge is -2.16. The molecule has 1 fully saturated rings. The van der Waals surface area contributed by atoms with Crippen molar-refractivity contribution in [2.45, 2.75) is 22.8 Å². The molecule has 1 aliphatic rings. The highest BCUT2D eigenvalue weighted by atomic mass is 32.2. The van der Waals surface area contributed by atoms with E-state index in [1.54, 1.807) is 0 Å². The number of anilines is 1. The molecule has 0 aliphatic carbocycles. The van der Waals surface area contributed by atoms with Crippen LogP contribution in [0.3, 0.4) is 0 Å². The second-order valence-corrected chi connectivity index (χ2v) is 5.78. The smallest absolute Gasteiger partial charge is 0.343 e. The van der Waals surface area contributed by atoms with Gasteiger partial charge in [-0.1, -0.05) is 30.0 Å². The van der Waals surface area contributed by atoms with Gasteiger partial charge >= 0.3 is 5.69 Å². The van der Waals surface area contributed by atoms with Crippen LogP contribution in [-0.4, -0.2) is 28.0 Å². The molecule has 0 saturated carbocycles. The molecule has 7 heteroatoms. The van der Waals surface area contributed by atoms with Crippen molar-refractivity contribution in [1.29, 1.82) is 0 Å². The third-order valence-corrected chi connectivity index (χ3v) is 4.32. The van der Waals surface area contributed by atoms with Crippen LogP contribution in [0.4, 0.5) is 11.5 Å². The summed E-state index contributed by atoms with van der Waals surface area (Å²) in [5, 5.41) is 11.9. The van der Waals surface area contributed by atoms with Crippen LogP contribution in [0, 0.1) is 10.1 Å². The van der Waals surface area contributed by atoms with Gasteiger partial charge in [0.25, 0.3) is 0 Å². The molecule has 108 valence electrons. The molecule has 21 heavy (non-hydrogen) atoms. The first-order chi connectivity index (χ1) is 10.3. The minimum absolute atomic E-state index is 0.00764. The molecule has 0 bridgehead atoms. The molecule has 0 N–H and O–H groups in total. The molecule has 3 rings (SSSR count). The fourth-order valence-corrected chi connectivity index (χ4v) is 3.23. The van der Waals surface area contributed by atoms with Gasteiger partial charge in [-0.2, -0.15) is 0 Å². The van der Waals surface area contributed by atoms with Gasteiger partial charge in [0.1, 0.15) is 6.33 Å². The summed E-state index contributed by atoms with van der Waals surface area (Å²) in [5.74, 6) is 0.436. The first kappa shape index (κ1) is 13.8. The third-order valence-electron chi connectivity index (χ3n) is 3.32. The summed E-state index contributed by atoms with van der Waals surface area (Å²) in [4.78, 5) is 22.2. The highest BCUT2D eigenvalue weighted by Gasteiger charge is 2.28. The van der Waals surface area contributed by atoms with Gasteiger partial charge < -0.3 is 4.90 Å². The number of nitro groups is 1. The van der Waals surface area contributed by atoms with Gasteiger partial charge in [-0.3, -0.25) is 10.1 Å². The van der Waals surface area contributed by atoms with Crippen molar-refractivity contribution in [2.24, 2.45) is 0 Å². The molecular weight excluding hydrogens is 288 g/mol. The summed E-state index contributed by atoms with van der Waals surface area (Å²) in [5.41, 5.74) is 0.00764. The van der Waals surface area contributed by atoms with Crippen LogP contribution in [0.1, 0.15) is 12.8 Å². The third kappa shape index (κ3) is 2.97. The van der Waals surface area contributed by atoms with Gasteiger partial charge in [0.2, 0.25) is 5.82 Å². The van der Waals surface area contributed by atoms with Crippen molar-refractivity contribution in [3.8, 4) is 0 Å². The van der Waals surface area contributed by atoms with E-state index in [9.17, 15) is 10.1 Å². The Kier molecular flexibility index (Phi) is 4.01. The first-order valence-electron chi connectivity index (χ1n) is 6.73. The Balaban J connectivity index is 1.99. The predicted octanol–water partition coefficient (Wildman–Crippen LogP) is 3.14. The SMILES string of the molecule is O=[N+]([O-])c1c(Sc2ccccc2)ncnc1N1CCCC1. The Labute approximate surface area is 126 Å². The van der Waals surface area contributed by atoms with Crippen LogP contribution in [0.2, 0.25) is 0 Å². The second kappa shape index (κ2) is 6.09. The summed E-state index contributed by atoms with van der Waals surface area (Å²) in [6, 6.07) is 9.53. The zero-order valence-electron chi connectivity index (χ0n) is 11.3. The summed E-state index contributed by atoms with van der Waals surface area (Å²) in [6.45, 7) is 1.63. The maximum atomic E-state index is 11.5. The number of rotatable bonds is 4. The van der Waals surface area contributed by atoms with E-state index < -0.39 is 0 Å². The predicted molar refractivity (Wildman–Crippen MR) is 80.7 cm³/mol. The minimum atomic E-state index is -0.376. The van der Waals surface area contributed by atoms with E-state index in [4.69, 9.17) is 0 Å². The number of hydrogen-bond donors (Lipinski definition) is 0. The molecule has 6 nitrogen and oxygen atoms in total. The van der Waals surface area contributed by atoms with Gasteiger partial charge in [-0.15, -0.1) is 0 Å². The van der Waals surface area contributed by atoms with Crippen LogP contribution in [0.5, 0.6) is 0 Å². The van der Waals surface area contributed by atoms with Gasteiger partial charge in [-0.05, 0) is 25.0 Å². The zero-order valence-corrected chi connectivity index (χ0v) is 12.1. The Morgan fingerprint density at radius 1 is 1.14 bits per heavy atom. The van der Waals surface area contributed by atoms with E-state index in [1.165, 1.54) is 18.1 Å². The average molecular weight is 302 g/mol. The molecule has 2 aromatic rings. The van der Waals surface area contributed by atoms with E-state index in [-0.39, 0.29) is 10.6 Å². The van der Waals surface area contributed by atoms with Crippen LogP contribution in [0.15, 0.2) is 46.6 Å². The Morgan fingerprint density at radius 3 is 2.52 bits per heavy atom. The molecule has 1 aliphatic heterocycles. The number of nitrogens with zero attached hydrogens (tertiary/aromatic N) is 4. The lowest BCUT2D eigenvalue weighted by atomic mass is 10.4. The van der Waals surface area contributed by atoms with Gasteiger partial charge in [0, 0.05) is 18.0 Å². The molecule has 1 aromatic heterocycles. The summed E-state index contributed by atoms with van der Waals surface area (Å²) in [6.07, 6.45) is 3.50. The average Bonchev–Trinajstić information content (AvgIpc) is 3.02. The largest absolute Gasteiger partial charge is 0.351 e. The van der Waals surface area contributed by atoms with Crippen molar-refractivity contribution in [2.75, 3.05) is 18.0 Å². The summed E-state index contributed by atoms with van der Waals surface area (Å²) >= 11 is 1.30. The van der Waals surface area contributed by atoms with Gasteiger partial charge in [0.05, 0.1) is 4.92 Å². The lowest BCUT2D eigenvalue weighted by molar-refractivity contribution is -0.387. The molecule has 1 saturated heterocycles. The van der Waals surface area contributed by atoms with E-state index in [0.717, 1.165) is 30.8 Å². The zero-order chi connectivity index (χ0) is 14.7. The normalized spacial score (nSPS) is 14.4. The summed E-state index contributed by atoms with van der Waals surface area (Å²) in [7, 11) is 0. The standard InChI is InChI=1S/C14H14N4O2S/c19-18(20)12-13(17-8-4-5-9-17)15-10-16-14(12)21-11-6-2-1-3-7-11/h1-3,6-7,10H,4-5,8-9H2. The number of benzene rings is 1. The molecule has 0 amide bonds. The molecule has 0 spiro atoms. The molecular formula is C14H14N4O2S. The minimum Gasteiger partial charge on any atom is -0.351 e. The highest BCUT2D eigenvalue weighted by molar-refractivity contribution is 7.99. The van der Waals surface area contributed by atoms with Crippen molar-refractivity contribution < 1.29 is 4.92 Å². The van der Waals surface area contributed by atoms with Crippen molar-refractivity contribution in [3.63, 3.8) is 0 Å². The van der Waals surface area contributed by atoms with E-state index in [1.807, 2.05) is 35.2 Å². The van der Waals surface area contributed by atoms with Crippen molar-refractivity contribution >= 4 is 23.3 Å². The Hall–Kier alpha value is -2.15. The number of aromatic nitrogens is 2. The quantitative estimate of drug-likeness (QED) is 0.491. The monoisotopic (exact) mass is 302 g/mol. The molecule has 0 atom stereocenters. The van der Waals surface area contributed by atoms with Crippen LogP contribution in [-0.2, 0) is 0 Å². The van der Waals surface area contributed by atoms with Crippen LogP contribution >= 0.6 is 11.8 Å². The Morgan fingerprint density at radius 2 is 1.86 bits per heavy atom. The Bertz CT molecular complexity index is 645. The first-order valence-corrected chi connectivity index (χ1v) is 7.54. The lowest BCUT2D eigenvalue weighted by Crippen LogP contribution is -2.20. The van der Waals surface area contributed by atoms with Gasteiger partial charge in [-0.25, -0.2) is 9.97 Å². The molecule has 0 radical (unpaired) electrons. The van der Waals surface area contributed by atoms with Crippen LogP contribution in [0.25, 0.3) is 0 Å². The number of hydrogen-bond acceptors (Lipinski definition) is 6. The molecule has 0 unspecified atom stereocenters. The summed E-state index contributed by atoms with van der Waals surface area (Å²) < 4.78 is 0.